The molecule has 0 aliphatic rings. The Bertz CT molecular complexity index is 6.00. The molecule has 0 aliphatic carbocycles. The van der Waals surface area contributed by atoms with E-state index in [0.29, 0.717) is 0 Å². The molecule has 0 radical (unpaired) electrons. The van der Waals surface area contributed by atoms with Gasteiger partial charge in [-0.3, -0.25) is 0 Å². The monoisotopic (exact) mass is 164 g/mol. The van der Waals surface area contributed by atoms with Crippen LogP contribution in [0.25, 0.3) is 0 Å². The van der Waals surface area contributed by atoms with Gasteiger partial charge < -0.3 is 5.48 Å². The minimum atomic E-state index is -0.931. The molecule has 0 heterocycles. The fourth-order valence-corrected chi connectivity index (χ4v) is 0. The first kappa shape index (κ1) is 8.92. The fraction of sp³-hybridized carbons (Fsp3) is 0. The van der Waals surface area contributed by atoms with E-state index in [1.54, 1.807) is 0 Å². The maximum atomic E-state index is 4.95. The van der Waals surface area contributed by atoms with Crippen molar-refractivity contribution in [1.82, 2.24) is 0 Å². The van der Waals surface area contributed by atoms with Gasteiger partial charge in [-0.2, -0.15) is 0 Å². The normalized spacial score (nSPS) is 4.50. The molecule has 0 atom stereocenters. The Morgan fingerprint density at radius 2 is 1.25 bits per heavy atom. The van der Waals surface area contributed by atoms with Crippen LogP contribution in [0.4, 0.5) is 0 Å². The molecule has 4 heteroatoms. The summed E-state index contributed by atoms with van der Waals surface area (Å²) in [5, 5.41) is 0. The van der Waals surface area contributed by atoms with Crippen LogP contribution < -0.4 is 0 Å². The van der Waals surface area contributed by atoms with Gasteiger partial charge in [-0.15, -0.1) is 0 Å². The van der Waals surface area contributed by atoms with Crippen molar-refractivity contribution in [2.24, 2.45) is 0 Å². The van der Waals surface area contributed by atoms with Crippen molar-refractivity contribution in [1.29, 1.82) is 0 Å². The van der Waals surface area contributed by atoms with Gasteiger partial charge in [0.2, 0.25) is 0 Å². The molecule has 0 aromatic heterocycles. The molecular formula is H4Cl2GeO. The molecule has 2 N–H and O–H groups in total. The molecule has 0 saturated carbocycles. The van der Waals surface area contributed by atoms with E-state index in [9.17, 15) is 0 Å². The number of halogens is 2. The van der Waals surface area contributed by atoms with Gasteiger partial charge in [0, 0.05) is 0 Å². The summed E-state index contributed by atoms with van der Waals surface area (Å²) in [5.74, 6) is 0. The third-order valence-corrected chi connectivity index (χ3v) is 0. The molecule has 0 aromatic rings. The van der Waals surface area contributed by atoms with Gasteiger partial charge >= 0.3 is 33.6 Å². The molecule has 0 aromatic carbocycles. The fourth-order valence-electron chi connectivity index (χ4n) is 0. The third kappa shape index (κ3) is 11.4. The number of hydrogen-bond donors (Lipinski definition) is 0. The Morgan fingerprint density at radius 3 is 1.25 bits per heavy atom. The maximum absolute atomic E-state index is 4.95. The van der Waals surface area contributed by atoms with Gasteiger partial charge in [0.05, 0.1) is 0 Å². The predicted octanol–water partition coefficient (Wildman–Crippen LogP) is -0.362. The Morgan fingerprint density at radius 1 is 1.25 bits per heavy atom. The molecule has 0 rings (SSSR count). The second kappa shape index (κ2) is 8.94. The van der Waals surface area contributed by atoms with E-state index in [-0.39, 0.29) is 5.48 Å². The molecule has 0 amide bonds. The Hall–Kier alpha value is 1.08. The topological polar surface area (TPSA) is 31.5 Å². The molecule has 0 aliphatic heterocycles. The van der Waals surface area contributed by atoms with Crippen LogP contribution in [0.1, 0.15) is 0 Å². The van der Waals surface area contributed by atoms with Crippen LogP contribution in [0.5, 0.6) is 0 Å². The van der Waals surface area contributed by atoms with Crippen LogP contribution in [-0.2, 0) is 0 Å². The standard InChI is InChI=1S/Cl2GeH2.H2O/c1-3-2;/h3H2;1H2. The van der Waals surface area contributed by atoms with Crippen molar-refractivity contribution < 1.29 is 5.48 Å². The summed E-state index contributed by atoms with van der Waals surface area (Å²) in [6.45, 7) is 0. The van der Waals surface area contributed by atoms with Crippen molar-refractivity contribution >= 4 is 33.6 Å². The summed E-state index contributed by atoms with van der Waals surface area (Å²) in [6, 6.07) is 0. The summed E-state index contributed by atoms with van der Waals surface area (Å²) in [7, 11) is 9.90. The van der Waals surface area contributed by atoms with Gasteiger partial charge in [-0.25, -0.2) is 0 Å². The summed E-state index contributed by atoms with van der Waals surface area (Å²) in [4.78, 5) is 0. The Balaban J connectivity index is 0. The summed E-state index contributed by atoms with van der Waals surface area (Å²) in [6.07, 6.45) is 0. The number of hydrogen-bond acceptors (Lipinski definition) is 0. The average Bonchev–Trinajstić information content (AvgIpc) is 0.918. The van der Waals surface area contributed by atoms with Crippen molar-refractivity contribution in [2.45, 2.75) is 0 Å². The van der Waals surface area contributed by atoms with Crippen LogP contribution in [0.2, 0.25) is 0 Å². The number of rotatable bonds is 0. The molecule has 0 unspecified atom stereocenters. The van der Waals surface area contributed by atoms with E-state index in [4.69, 9.17) is 20.0 Å². The molecule has 0 saturated heterocycles. The van der Waals surface area contributed by atoms with E-state index in [1.807, 2.05) is 0 Å². The zero-order chi connectivity index (χ0) is 2.71. The van der Waals surface area contributed by atoms with Crippen molar-refractivity contribution in [2.75, 3.05) is 0 Å². The zero-order valence-electron chi connectivity index (χ0n) is 1.96. The molecular weight excluding hydrogens is 160 g/mol. The molecule has 0 bridgehead atoms. The van der Waals surface area contributed by atoms with Crippen LogP contribution >= 0.6 is 20.0 Å². The SMILES string of the molecule is O.[Cl][GeH2][Cl]. The molecule has 0 fully saturated rings. The van der Waals surface area contributed by atoms with Crippen LogP contribution in [0.3, 0.4) is 0 Å². The quantitative estimate of drug-likeness (QED) is 0.437. The van der Waals surface area contributed by atoms with Gasteiger partial charge in [0.1, 0.15) is 0 Å². The van der Waals surface area contributed by atoms with E-state index in [0.717, 1.165) is 0 Å². The minimum absolute atomic E-state index is 0. The molecule has 1 nitrogen and oxygen atoms in total. The van der Waals surface area contributed by atoms with Crippen LogP contribution in [0, 0.1) is 0 Å². The first-order valence-corrected chi connectivity index (χ1v) is 8.33. The first-order chi connectivity index (χ1) is 1.41. The van der Waals surface area contributed by atoms with E-state index >= 15 is 0 Å². The van der Waals surface area contributed by atoms with Gasteiger partial charge in [-0.05, 0) is 0 Å². The summed E-state index contributed by atoms with van der Waals surface area (Å²) in [5.41, 5.74) is 0. The second-order valence-electron chi connectivity index (χ2n) is 0.101. The molecule has 28 valence electrons. The van der Waals surface area contributed by atoms with Gasteiger partial charge in [0.25, 0.3) is 0 Å². The van der Waals surface area contributed by atoms with E-state index < -0.39 is 13.6 Å². The van der Waals surface area contributed by atoms with Crippen molar-refractivity contribution in [3.05, 3.63) is 0 Å². The van der Waals surface area contributed by atoms with E-state index in [1.165, 1.54) is 0 Å². The third-order valence-electron chi connectivity index (χ3n) is 0. The van der Waals surface area contributed by atoms with Crippen LogP contribution in [-0.4, -0.2) is 19.0 Å². The second-order valence-corrected chi connectivity index (χ2v) is 4.72. The van der Waals surface area contributed by atoms with Gasteiger partial charge in [-0.1, -0.05) is 0 Å². The average molecular weight is 164 g/mol. The van der Waals surface area contributed by atoms with Gasteiger partial charge in [0.15, 0.2) is 0 Å². The van der Waals surface area contributed by atoms with Crippen LogP contribution in [0.15, 0.2) is 0 Å². The van der Waals surface area contributed by atoms with Crippen molar-refractivity contribution in [3.63, 3.8) is 0 Å². The Kier molecular flexibility index (Phi) is 19.9. The first-order valence-electron chi connectivity index (χ1n) is 0.535. The van der Waals surface area contributed by atoms with E-state index in [2.05, 4.69) is 0 Å². The zero-order valence-corrected chi connectivity index (χ0v) is 6.44. The summed E-state index contributed by atoms with van der Waals surface area (Å²) >= 11 is -0.931. The molecule has 0 spiro atoms. The van der Waals surface area contributed by atoms with Crippen molar-refractivity contribution in [3.8, 4) is 0 Å². The Labute approximate surface area is 39.4 Å². The predicted molar refractivity (Wildman–Crippen MR) is 23.9 cm³/mol. The molecule has 4 heavy (non-hydrogen) atoms. The summed E-state index contributed by atoms with van der Waals surface area (Å²) < 4.78 is 0.